The van der Waals surface area contributed by atoms with E-state index in [1.54, 1.807) is 18.2 Å². The van der Waals surface area contributed by atoms with Crippen LogP contribution in [0.5, 0.6) is 0 Å². The molecule has 1 fully saturated rings. The molecule has 1 aromatic rings. The van der Waals surface area contributed by atoms with Crippen LogP contribution in [0.25, 0.3) is 0 Å². The molecule has 1 aromatic carbocycles. The van der Waals surface area contributed by atoms with Gasteiger partial charge in [0.1, 0.15) is 6.04 Å². The summed E-state index contributed by atoms with van der Waals surface area (Å²) in [5.74, 6) is -1.98. The van der Waals surface area contributed by atoms with Crippen molar-refractivity contribution in [3.05, 3.63) is 29.3 Å². The van der Waals surface area contributed by atoms with Crippen molar-refractivity contribution in [3.8, 4) is 0 Å². The number of piperidine rings is 1. The Hall–Kier alpha value is -2.74. The van der Waals surface area contributed by atoms with Crippen molar-refractivity contribution in [3.63, 3.8) is 0 Å². The van der Waals surface area contributed by atoms with E-state index >= 15 is 0 Å². The number of fused-ring (bicyclic) bond motifs is 1. The highest BCUT2D eigenvalue weighted by Gasteiger charge is 2.44. The highest BCUT2D eigenvalue weighted by molar-refractivity contribution is 6.23. The van der Waals surface area contributed by atoms with Gasteiger partial charge >= 0.3 is 0 Å². The van der Waals surface area contributed by atoms with Gasteiger partial charge in [0.2, 0.25) is 11.8 Å². The zero-order chi connectivity index (χ0) is 18.1. The first-order valence-corrected chi connectivity index (χ1v) is 8.21. The Labute approximate surface area is 144 Å². The second-order valence-corrected chi connectivity index (χ2v) is 6.24. The fourth-order valence-corrected chi connectivity index (χ4v) is 3.15. The Bertz CT molecular complexity index is 761. The third kappa shape index (κ3) is 3.00. The van der Waals surface area contributed by atoms with Gasteiger partial charge < -0.3 is 10.6 Å². The Morgan fingerprint density at radius 2 is 1.92 bits per heavy atom. The van der Waals surface area contributed by atoms with E-state index in [0.717, 1.165) is 23.6 Å². The third-order valence-corrected chi connectivity index (χ3v) is 4.56. The van der Waals surface area contributed by atoms with Crippen molar-refractivity contribution in [2.45, 2.75) is 25.3 Å². The van der Waals surface area contributed by atoms with Crippen molar-refractivity contribution >= 4 is 29.3 Å². The summed E-state index contributed by atoms with van der Waals surface area (Å²) < 4.78 is 0. The number of carbonyl (C=O) groups is 4. The molecule has 8 nitrogen and oxygen atoms in total. The number of hydrogen-bond acceptors (Lipinski definition) is 6. The van der Waals surface area contributed by atoms with Crippen molar-refractivity contribution in [1.82, 2.24) is 10.2 Å². The van der Waals surface area contributed by atoms with Crippen LogP contribution in [0.4, 0.5) is 5.69 Å². The van der Waals surface area contributed by atoms with E-state index in [-0.39, 0.29) is 29.9 Å². The van der Waals surface area contributed by atoms with E-state index < -0.39 is 23.8 Å². The van der Waals surface area contributed by atoms with E-state index in [9.17, 15) is 19.2 Å². The van der Waals surface area contributed by atoms with Gasteiger partial charge in [-0.25, -0.2) is 0 Å². The molecule has 0 radical (unpaired) electrons. The normalized spacial score (nSPS) is 19.9. The number of carbonyl (C=O) groups excluding carboxylic acids is 4. The van der Waals surface area contributed by atoms with Gasteiger partial charge in [-0.2, -0.15) is 0 Å². The molecule has 25 heavy (non-hydrogen) atoms. The second-order valence-electron chi connectivity index (χ2n) is 6.24. The van der Waals surface area contributed by atoms with Crippen molar-refractivity contribution in [2.75, 3.05) is 25.0 Å². The first-order chi connectivity index (χ1) is 11.9. The van der Waals surface area contributed by atoms with Gasteiger partial charge in [0.25, 0.3) is 11.8 Å². The van der Waals surface area contributed by atoms with E-state index in [0.29, 0.717) is 6.54 Å². The topological polar surface area (TPSA) is 113 Å². The van der Waals surface area contributed by atoms with Crippen LogP contribution in [0.1, 0.15) is 40.0 Å². The smallest absolute Gasteiger partial charge is 0.262 e. The van der Waals surface area contributed by atoms with Crippen LogP contribution in [-0.2, 0) is 9.59 Å². The van der Waals surface area contributed by atoms with Gasteiger partial charge in [0.15, 0.2) is 0 Å². The SMILES string of the molecule is CN(CCCN)c1ccc2c(c1)C(=O)N(C1CCC(=O)NC1=O)C2=O. The summed E-state index contributed by atoms with van der Waals surface area (Å²) in [5.41, 5.74) is 6.89. The van der Waals surface area contributed by atoms with Crippen molar-refractivity contribution in [1.29, 1.82) is 0 Å². The standard InChI is InChI=1S/C17H20N4O4/c1-20(8-2-7-18)10-3-4-11-12(9-10)17(25)21(16(11)24)13-5-6-14(22)19-15(13)23/h3-4,9,13H,2,5-8,18H2,1H3,(H,19,22,23). The molecule has 1 saturated heterocycles. The van der Waals surface area contributed by atoms with Gasteiger partial charge in [-0.3, -0.25) is 29.4 Å². The molecule has 1 atom stereocenters. The van der Waals surface area contributed by atoms with E-state index in [1.807, 2.05) is 11.9 Å². The maximum absolute atomic E-state index is 12.7. The minimum Gasteiger partial charge on any atom is -0.375 e. The molecule has 1 unspecified atom stereocenters. The highest BCUT2D eigenvalue weighted by Crippen LogP contribution is 2.30. The van der Waals surface area contributed by atoms with Crippen LogP contribution >= 0.6 is 0 Å². The number of rotatable bonds is 5. The first kappa shape index (κ1) is 17.1. The number of hydrogen-bond donors (Lipinski definition) is 2. The molecular weight excluding hydrogens is 324 g/mol. The largest absolute Gasteiger partial charge is 0.375 e. The molecule has 3 rings (SSSR count). The molecule has 0 aromatic heterocycles. The molecular formula is C17H20N4O4. The summed E-state index contributed by atoms with van der Waals surface area (Å²) in [5, 5.41) is 2.18. The zero-order valence-corrected chi connectivity index (χ0v) is 13.9. The van der Waals surface area contributed by atoms with Crippen LogP contribution in [0.15, 0.2) is 18.2 Å². The summed E-state index contributed by atoms with van der Waals surface area (Å²) in [6, 6.07) is 4.10. The van der Waals surface area contributed by atoms with Gasteiger partial charge in [-0.1, -0.05) is 0 Å². The summed E-state index contributed by atoms with van der Waals surface area (Å²) in [7, 11) is 1.89. The number of anilines is 1. The minimum absolute atomic E-state index is 0.108. The maximum atomic E-state index is 12.7. The van der Waals surface area contributed by atoms with Crippen LogP contribution < -0.4 is 16.0 Å². The first-order valence-electron chi connectivity index (χ1n) is 8.21. The minimum atomic E-state index is -0.941. The number of nitrogens with one attached hydrogen (secondary N) is 1. The molecule has 2 aliphatic heterocycles. The van der Waals surface area contributed by atoms with Gasteiger partial charge in [0.05, 0.1) is 11.1 Å². The van der Waals surface area contributed by atoms with E-state index in [2.05, 4.69) is 5.32 Å². The van der Waals surface area contributed by atoms with Crippen LogP contribution in [0.3, 0.4) is 0 Å². The molecule has 0 aliphatic carbocycles. The van der Waals surface area contributed by atoms with Gasteiger partial charge in [-0.15, -0.1) is 0 Å². The van der Waals surface area contributed by atoms with Crippen LogP contribution in [-0.4, -0.2) is 54.7 Å². The Morgan fingerprint density at radius 3 is 2.60 bits per heavy atom. The van der Waals surface area contributed by atoms with Gasteiger partial charge in [0, 0.05) is 25.7 Å². The molecule has 0 spiro atoms. The lowest BCUT2D eigenvalue weighted by molar-refractivity contribution is -0.136. The number of benzene rings is 1. The molecule has 2 heterocycles. The van der Waals surface area contributed by atoms with Crippen molar-refractivity contribution < 1.29 is 19.2 Å². The lowest BCUT2D eigenvalue weighted by Crippen LogP contribution is -2.54. The Balaban J connectivity index is 1.86. The maximum Gasteiger partial charge on any atom is 0.262 e. The number of nitrogens with zero attached hydrogens (tertiary/aromatic N) is 2. The fourth-order valence-electron chi connectivity index (χ4n) is 3.15. The van der Waals surface area contributed by atoms with Crippen LogP contribution in [0.2, 0.25) is 0 Å². The number of imide groups is 2. The predicted molar refractivity (Wildman–Crippen MR) is 90.1 cm³/mol. The molecule has 3 N–H and O–H groups in total. The zero-order valence-electron chi connectivity index (χ0n) is 13.9. The van der Waals surface area contributed by atoms with Crippen LogP contribution in [0, 0.1) is 0 Å². The molecule has 132 valence electrons. The summed E-state index contributed by atoms with van der Waals surface area (Å²) >= 11 is 0. The third-order valence-electron chi connectivity index (χ3n) is 4.56. The number of amides is 4. The summed E-state index contributed by atoms with van der Waals surface area (Å²) in [4.78, 5) is 51.6. The average molecular weight is 344 g/mol. The van der Waals surface area contributed by atoms with E-state index in [4.69, 9.17) is 5.73 Å². The van der Waals surface area contributed by atoms with Gasteiger partial charge in [-0.05, 0) is 37.6 Å². The Kier molecular flexibility index (Phi) is 4.54. The number of nitrogens with two attached hydrogens (primary N) is 1. The van der Waals surface area contributed by atoms with Crippen molar-refractivity contribution in [2.24, 2.45) is 5.73 Å². The van der Waals surface area contributed by atoms with E-state index in [1.165, 1.54) is 0 Å². The molecule has 0 bridgehead atoms. The average Bonchev–Trinajstić information content (AvgIpc) is 2.84. The second kappa shape index (κ2) is 6.64. The fraction of sp³-hybridized carbons (Fsp3) is 0.412. The quantitative estimate of drug-likeness (QED) is 0.720. The summed E-state index contributed by atoms with van der Waals surface area (Å²) in [6.45, 7) is 1.30. The Morgan fingerprint density at radius 1 is 1.20 bits per heavy atom. The molecule has 2 aliphatic rings. The molecule has 8 heteroatoms. The molecule has 0 saturated carbocycles. The highest BCUT2D eigenvalue weighted by atomic mass is 16.2. The molecule has 4 amide bonds. The lowest BCUT2D eigenvalue weighted by Gasteiger charge is -2.27. The monoisotopic (exact) mass is 344 g/mol. The summed E-state index contributed by atoms with van der Waals surface area (Å²) in [6.07, 6.45) is 1.07. The lowest BCUT2D eigenvalue weighted by atomic mass is 10.0. The predicted octanol–water partition coefficient (Wildman–Crippen LogP) is -0.127.